The fraction of sp³-hybridized carbons (Fsp3) is 0.214. The SMILES string of the molecule is S=c1[nH]cc(C(Cc2ccccc2)C2=COCO2)[nH]1. The van der Waals surface area contributed by atoms with Crippen LogP contribution in [0, 0.1) is 4.77 Å². The van der Waals surface area contributed by atoms with Crippen molar-refractivity contribution < 1.29 is 9.47 Å². The Labute approximate surface area is 116 Å². The molecule has 0 bridgehead atoms. The van der Waals surface area contributed by atoms with Gasteiger partial charge >= 0.3 is 0 Å². The molecule has 2 heterocycles. The Hall–Kier alpha value is -2.01. The predicted molar refractivity (Wildman–Crippen MR) is 74.0 cm³/mol. The van der Waals surface area contributed by atoms with Gasteiger partial charge in [0.25, 0.3) is 0 Å². The van der Waals surface area contributed by atoms with Crippen molar-refractivity contribution in [3.63, 3.8) is 0 Å². The van der Waals surface area contributed by atoms with Gasteiger partial charge in [0.2, 0.25) is 6.79 Å². The van der Waals surface area contributed by atoms with Crippen molar-refractivity contribution in [1.29, 1.82) is 0 Å². The van der Waals surface area contributed by atoms with E-state index in [9.17, 15) is 0 Å². The van der Waals surface area contributed by atoms with Crippen molar-refractivity contribution >= 4 is 12.2 Å². The highest BCUT2D eigenvalue weighted by Crippen LogP contribution is 2.30. The third kappa shape index (κ3) is 2.71. The number of benzene rings is 1. The Bertz CT molecular complexity index is 630. The van der Waals surface area contributed by atoms with Crippen LogP contribution in [0.3, 0.4) is 0 Å². The molecule has 19 heavy (non-hydrogen) atoms. The van der Waals surface area contributed by atoms with Crippen LogP contribution in [0.25, 0.3) is 0 Å². The first-order valence-electron chi connectivity index (χ1n) is 6.09. The Morgan fingerprint density at radius 3 is 2.74 bits per heavy atom. The lowest BCUT2D eigenvalue weighted by molar-refractivity contribution is 0.0750. The molecular formula is C14H14N2O2S. The summed E-state index contributed by atoms with van der Waals surface area (Å²) in [5, 5.41) is 0. The van der Waals surface area contributed by atoms with Gasteiger partial charge in [-0.25, -0.2) is 0 Å². The quantitative estimate of drug-likeness (QED) is 0.841. The molecule has 0 aliphatic carbocycles. The number of H-pyrrole nitrogens is 2. The second-order valence-corrected chi connectivity index (χ2v) is 4.80. The summed E-state index contributed by atoms with van der Waals surface area (Å²) >= 11 is 5.09. The zero-order chi connectivity index (χ0) is 13.1. The summed E-state index contributed by atoms with van der Waals surface area (Å²) in [6.45, 7) is 0.284. The smallest absolute Gasteiger partial charge is 0.229 e. The third-order valence-electron chi connectivity index (χ3n) is 3.11. The fourth-order valence-electron chi connectivity index (χ4n) is 2.18. The average Bonchev–Trinajstić information content (AvgIpc) is 3.09. The molecule has 2 N–H and O–H groups in total. The molecule has 98 valence electrons. The summed E-state index contributed by atoms with van der Waals surface area (Å²) < 4.78 is 11.3. The molecule has 1 unspecified atom stereocenters. The number of nitrogens with one attached hydrogen (secondary N) is 2. The maximum atomic E-state index is 5.52. The van der Waals surface area contributed by atoms with Gasteiger partial charge in [-0.15, -0.1) is 0 Å². The highest BCUT2D eigenvalue weighted by Gasteiger charge is 2.23. The molecule has 1 aliphatic heterocycles. The Kier molecular flexibility index (Phi) is 3.37. The summed E-state index contributed by atoms with van der Waals surface area (Å²) in [5.41, 5.74) is 2.25. The summed E-state index contributed by atoms with van der Waals surface area (Å²) in [7, 11) is 0. The Morgan fingerprint density at radius 1 is 1.26 bits per heavy atom. The highest BCUT2D eigenvalue weighted by molar-refractivity contribution is 7.71. The van der Waals surface area contributed by atoms with E-state index < -0.39 is 0 Å². The topological polar surface area (TPSA) is 50.0 Å². The molecule has 4 nitrogen and oxygen atoms in total. The minimum Gasteiger partial charge on any atom is -0.462 e. The van der Waals surface area contributed by atoms with Crippen molar-refractivity contribution in [1.82, 2.24) is 9.97 Å². The third-order valence-corrected chi connectivity index (χ3v) is 3.33. The van der Waals surface area contributed by atoms with Gasteiger partial charge in [-0.1, -0.05) is 30.3 Å². The first-order chi connectivity index (χ1) is 9.33. The minimum atomic E-state index is 0.0813. The first kappa shape index (κ1) is 12.0. The van der Waals surface area contributed by atoms with Crippen molar-refractivity contribution in [2.45, 2.75) is 12.3 Å². The van der Waals surface area contributed by atoms with Crippen LogP contribution in [0.4, 0.5) is 0 Å². The van der Waals surface area contributed by atoms with Gasteiger partial charge in [0.1, 0.15) is 12.0 Å². The largest absolute Gasteiger partial charge is 0.462 e. The van der Waals surface area contributed by atoms with Crippen LogP contribution in [0.15, 0.2) is 48.5 Å². The number of hydrogen-bond acceptors (Lipinski definition) is 3. The van der Waals surface area contributed by atoms with Crippen molar-refractivity contribution in [2.75, 3.05) is 6.79 Å². The fourth-order valence-corrected chi connectivity index (χ4v) is 2.36. The molecule has 2 aromatic rings. The average molecular weight is 274 g/mol. The molecule has 0 saturated carbocycles. The molecule has 1 aromatic heterocycles. The van der Waals surface area contributed by atoms with E-state index in [1.165, 1.54) is 5.56 Å². The highest BCUT2D eigenvalue weighted by atomic mass is 32.1. The van der Waals surface area contributed by atoms with E-state index >= 15 is 0 Å². The summed E-state index contributed by atoms with van der Waals surface area (Å²) in [6.07, 6.45) is 4.40. The second kappa shape index (κ2) is 5.32. The lowest BCUT2D eigenvalue weighted by Gasteiger charge is -2.15. The second-order valence-electron chi connectivity index (χ2n) is 4.39. The monoisotopic (exact) mass is 274 g/mol. The Morgan fingerprint density at radius 2 is 2.11 bits per heavy atom. The number of rotatable bonds is 4. The van der Waals surface area contributed by atoms with Crippen molar-refractivity contribution in [3.8, 4) is 0 Å². The number of aromatic nitrogens is 2. The van der Waals surface area contributed by atoms with Gasteiger partial charge in [0, 0.05) is 11.9 Å². The molecule has 0 amide bonds. The molecule has 0 spiro atoms. The molecule has 3 rings (SSSR count). The van der Waals surface area contributed by atoms with Crippen LogP contribution in [0.2, 0.25) is 0 Å². The lowest BCUT2D eigenvalue weighted by Crippen LogP contribution is -2.07. The van der Waals surface area contributed by atoms with Crippen molar-refractivity contribution in [2.24, 2.45) is 0 Å². The van der Waals surface area contributed by atoms with Gasteiger partial charge in [-0.2, -0.15) is 0 Å². The van der Waals surface area contributed by atoms with Crippen LogP contribution in [-0.2, 0) is 15.9 Å². The van der Waals surface area contributed by atoms with Crippen LogP contribution < -0.4 is 0 Å². The number of allylic oxidation sites excluding steroid dienone is 1. The van der Waals surface area contributed by atoms with Gasteiger partial charge < -0.3 is 19.4 Å². The minimum absolute atomic E-state index is 0.0813. The normalized spacial score (nSPS) is 15.5. The van der Waals surface area contributed by atoms with Crippen LogP contribution in [0.5, 0.6) is 0 Å². The van der Waals surface area contributed by atoms with Gasteiger partial charge in [-0.3, -0.25) is 0 Å². The molecular weight excluding hydrogens is 260 g/mol. The van der Waals surface area contributed by atoms with Crippen LogP contribution in [0.1, 0.15) is 17.2 Å². The molecule has 0 fully saturated rings. The van der Waals surface area contributed by atoms with Gasteiger partial charge in [0.05, 0.1) is 5.92 Å². The van der Waals surface area contributed by atoms with E-state index in [1.54, 1.807) is 6.26 Å². The molecule has 1 aromatic carbocycles. The zero-order valence-corrected chi connectivity index (χ0v) is 11.1. The molecule has 1 aliphatic rings. The lowest BCUT2D eigenvalue weighted by atomic mass is 9.95. The summed E-state index contributed by atoms with van der Waals surface area (Å²) in [5.74, 6) is 0.909. The zero-order valence-electron chi connectivity index (χ0n) is 10.3. The Balaban J connectivity index is 1.90. The standard InChI is InChI=1S/C14H14N2O2S/c19-14-15-7-12(16-14)11(13-8-17-9-18-13)6-10-4-2-1-3-5-10/h1-5,7-8,11H,6,9H2,(H2,15,16,19). The van der Waals surface area contributed by atoms with E-state index in [-0.39, 0.29) is 12.7 Å². The number of hydrogen-bond donors (Lipinski definition) is 2. The van der Waals surface area contributed by atoms with E-state index in [2.05, 4.69) is 22.1 Å². The number of aromatic amines is 2. The number of imidazole rings is 1. The van der Waals surface area contributed by atoms with E-state index in [4.69, 9.17) is 21.7 Å². The van der Waals surface area contributed by atoms with Gasteiger partial charge in [-0.05, 0) is 24.2 Å². The van der Waals surface area contributed by atoms with Crippen LogP contribution >= 0.6 is 12.2 Å². The van der Waals surface area contributed by atoms with E-state index in [1.807, 2.05) is 24.4 Å². The van der Waals surface area contributed by atoms with E-state index in [0.29, 0.717) is 4.77 Å². The molecule has 1 atom stereocenters. The van der Waals surface area contributed by atoms with E-state index in [0.717, 1.165) is 17.9 Å². The molecule has 0 radical (unpaired) electrons. The molecule has 0 saturated heterocycles. The van der Waals surface area contributed by atoms with Gasteiger partial charge in [0.15, 0.2) is 4.77 Å². The maximum Gasteiger partial charge on any atom is 0.229 e. The summed E-state index contributed by atoms with van der Waals surface area (Å²) in [6, 6.07) is 10.3. The number of ether oxygens (including phenoxy) is 2. The van der Waals surface area contributed by atoms with Crippen LogP contribution in [-0.4, -0.2) is 16.8 Å². The maximum absolute atomic E-state index is 5.52. The first-order valence-corrected chi connectivity index (χ1v) is 6.50. The van der Waals surface area contributed by atoms with Crippen molar-refractivity contribution in [3.05, 3.63) is 64.6 Å². The predicted octanol–water partition coefficient (Wildman–Crippen LogP) is 3.24. The molecule has 5 heteroatoms. The summed E-state index contributed by atoms with van der Waals surface area (Å²) in [4.78, 5) is 6.15.